The number of nitrogens with one attached hydrogen (secondary N) is 1. The number of benzene rings is 3. The van der Waals surface area contributed by atoms with Crippen molar-refractivity contribution < 1.29 is 14.3 Å². The molecule has 0 fully saturated rings. The highest BCUT2D eigenvalue weighted by Crippen LogP contribution is 2.29. The Morgan fingerprint density at radius 3 is 2.43 bits per heavy atom. The third-order valence-electron chi connectivity index (χ3n) is 5.60. The molecule has 0 saturated carbocycles. The summed E-state index contributed by atoms with van der Waals surface area (Å²) in [6, 6.07) is 23.9. The summed E-state index contributed by atoms with van der Waals surface area (Å²) in [7, 11) is 1.66. The van der Waals surface area contributed by atoms with Crippen LogP contribution in [0.5, 0.6) is 5.75 Å². The molecule has 1 aromatic heterocycles. The molecule has 178 valence electrons. The van der Waals surface area contributed by atoms with Crippen molar-refractivity contribution in [1.29, 1.82) is 0 Å². The van der Waals surface area contributed by atoms with Crippen LogP contribution >= 0.6 is 22.6 Å². The highest BCUT2D eigenvalue weighted by Gasteiger charge is 2.14. The molecule has 35 heavy (non-hydrogen) atoms. The zero-order valence-electron chi connectivity index (χ0n) is 19.6. The molecule has 1 N–H and O–H groups in total. The second-order valence-electron chi connectivity index (χ2n) is 8.23. The Balaban J connectivity index is 1.65. The zero-order valence-corrected chi connectivity index (χ0v) is 21.8. The van der Waals surface area contributed by atoms with Gasteiger partial charge in [-0.2, -0.15) is 5.10 Å². The quantitative estimate of drug-likeness (QED) is 0.161. The molecule has 0 bridgehead atoms. The molecule has 0 aliphatic heterocycles. The number of aldehydes is 1. The van der Waals surface area contributed by atoms with Gasteiger partial charge in [0.1, 0.15) is 12.0 Å². The molecule has 0 radical (unpaired) electrons. The van der Waals surface area contributed by atoms with Gasteiger partial charge in [0.25, 0.3) is 5.91 Å². The lowest BCUT2D eigenvalue weighted by Gasteiger charge is -2.09. The molecule has 7 heteroatoms. The van der Waals surface area contributed by atoms with E-state index in [9.17, 15) is 9.59 Å². The number of hydrogen-bond donors (Lipinski definition) is 1. The zero-order chi connectivity index (χ0) is 24.8. The van der Waals surface area contributed by atoms with E-state index in [1.165, 1.54) is 9.13 Å². The van der Waals surface area contributed by atoms with Gasteiger partial charge in [0.05, 0.1) is 25.0 Å². The number of aryl methyl sites for hydroxylation is 1. The van der Waals surface area contributed by atoms with Crippen LogP contribution in [0.2, 0.25) is 0 Å². The first-order chi connectivity index (χ1) is 17.0. The summed E-state index contributed by atoms with van der Waals surface area (Å²) in [5, 5.41) is 7.70. The minimum Gasteiger partial charge on any atom is -0.497 e. The van der Waals surface area contributed by atoms with Crippen molar-refractivity contribution in [3.05, 3.63) is 93.1 Å². The number of aromatic nitrogens is 2. The lowest BCUT2D eigenvalue weighted by molar-refractivity contribution is -0.107. The molecular formula is C28H26IN3O3. The summed E-state index contributed by atoms with van der Waals surface area (Å²) in [5.41, 5.74) is 6.79. The average Bonchev–Trinajstić information content (AvgIpc) is 3.28. The highest BCUT2D eigenvalue weighted by atomic mass is 127. The fourth-order valence-electron chi connectivity index (χ4n) is 3.84. The van der Waals surface area contributed by atoms with Crippen LogP contribution in [0.1, 0.15) is 27.9 Å². The molecule has 0 aliphatic carbocycles. The van der Waals surface area contributed by atoms with E-state index in [4.69, 9.17) is 9.84 Å². The molecule has 0 spiro atoms. The number of carbonyl (C=O) groups is 2. The van der Waals surface area contributed by atoms with E-state index in [2.05, 4.69) is 59.1 Å². The van der Waals surface area contributed by atoms with Crippen molar-refractivity contribution in [3.63, 3.8) is 0 Å². The third-order valence-corrected chi connectivity index (χ3v) is 6.22. The maximum atomic E-state index is 12.2. The van der Waals surface area contributed by atoms with E-state index in [0.29, 0.717) is 25.1 Å². The molecule has 0 aliphatic rings. The van der Waals surface area contributed by atoms with Gasteiger partial charge in [-0.15, -0.1) is 0 Å². The largest absolute Gasteiger partial charge is 0.497 e. The summed E-state index contributed by atoms with van der Waals surface area (Å²) in [6.07, 6.45) is 1.10. The first-order valence-corrected chi connectivity index (χ1v) is 12.4. The predicted molar refractivity (Wildman–Crippen MR) is 146 cm³/mol. The number of ether oxygens (including phenoxy) is 1. The van der Waals surface area contributed by atoms with Gasteiger partial charge in [-0.05, 0) is 101 Å². The highest BCUT2D eigenvalue weighted by molar-refractivity contribution is 14.1. The smallest absolute Gasteiger partial charge is 0.251 e. The van der Waals surface area contributed by atoms with E-state index in [0.717, 1.165) is 40.1 Å². The normalized spacial score (nSPS) is 10.7. The molecule has 1 heterocycles. The van der Waals surface area contributed by atoms with Gasteiger partial charge in [0, 0.05) is 33.2 Å². The maximum absolute atomic E-state index is 12.2. The van der Waals surface area contributed by atoms with Crippen LogP contribution in [-0.2, 0) is 11.3 Å². The standard InChI is InChI=1S/C28H26IN3O3/c1-19-14-23(16-24(29)15-19)26-17-27(21-8-10-25(35-2)11-9-21)32(31-26)18-20-4-6-22(7-5-20)28(34)30-12-3-13-33/h4-11,13-17H,3,12,18H2,1-2H3,(H,30,34). The number of halogens is 1. The fraction of sp³-hybridized carbons (Fsp3) is 0.179. The van der Waals surface area contributed by atoms with Crippen LogP contribution in [0.15, 0.2) is 72.8 Å². The van der Waals surface area contributed by atoms with Crippen LogP contribution < -0.4 is 10.1 Å². The minimum atomic E-state index is -0.187. The van der Waals surface area contributed by atoms with Crippen molar-refractivity contribution >= 4 is 34.8 Å². The molecule has 0 saturated heterocycles. The molecule has 4 rings (SSSR count). The number of rotatable bonds is 9. The summed E-state index contributed by atoms with van der Waals surface area (Å²) in [6.45, 7) is 2.98. The fourth-order valence-corrected chi connectivity index (χ4v) is 4.66. The molecular weight excluding hydrogens is 553 g/mol. The molecule has 0 unspecified atom stereocenters. The summed E-state index contributed by atoms with van der Waals surface area (Å²) < 4.78 is 8.48. The Kier molecular flexibility index (Phi) is 7.97. The maximum Gasteiger partial charge on any atom is 0.251 e. The number of amides is 1. The van der Waals surface area contributed by atoms with Crippen LogP contribution in [0, 0.1) is 10.5 Å². The van der Waals surface area contributed by atoms with Crippen molar-refractivity contribution in [2.45, 2.75) is 19.9 Å². The van der Waals surface area contributed by atoms with Gasteiger partial charge in [0.2, 0.25) is 0 Å². The second-order valence-corrected chi connectivity index (χ2v) is 9.47. The first kappa shape index (κ1) is 24.7. The number of carbonyl (C=O) groups excluding carboxylic acids is 2. The van der Waals surface area contributed by atoms with Crippen molar-refractivity contribution in [1.82, 2.24) is 15.1 Å². The van der Waals surface area contributed by atoms with E-state index in [1.807, 2.05) is 41.1 Å². The Morgan fingerprint density at radius 2 is 1.77 bits per heavy atom. The number of methoxy groups -OCH3 is 1. The predicted octanol–water partition coefficient (Wildman–Crippen LogP) is 5.51. The summed E-state index contributed by atoms with van der Waals surface area (Å²) in [4.78, 5) is 22.7. The Bertz CT molecular complexity index is 1310. The SMILES string of the molecule is COc1ccc(-c2cc(-c3cc(C)cc(I)c3)nn2Cc2ccc(C(=O)NCCC=O)cc2)cc1. The van der Waals surface area contributed by atoms with Crippen molar-refractivity contribution in [2.75, 3.05) is 13.7 Å². The topological polar surface area (TPSA) is 73.2 Å². The van der Waals surface area contributed by atoms with Crippen molar-refractivity contribution in [2.24, 2.45) is 0 Å². The van der Waals surface area contributed by atoms with Gasteiger partial charge in [-0.1, -0.05) is 12.1 Å². The number of nitrogens with zero attached hydrogens (tertiary/aromatic N) is 2. The van der Waals surface area contributed by atoms with Gasteiger partial charge < -0.3 is 14.8 Å². The van der Waals surface area contributed by atoms with Gasteiger partial charge in [0.15, 0.2) is 0 Å². The minimum absolute atomic E-state index is 0.187. The second kappa shape index (κ2) is 11.3. The number of hydrogen-bond acceptors (Lipinski definition) is 4. The van der Waals surface area contributed by atoms with E-state index in [-0.39, 0.29) is 5.91 Å². The van der Waals surface area contributed by atoms with E-state index < -0.39 is 0 Å². The van der Waals surface area contributed by atoms with Crippen LogP contribution in [-0.4, -0.2) is 35.6 Å². The van der Waals surface area contributed by atoms with Crippen LogP contribution in [0.25, 0.3) is 22.5 Å². The molecule has 4 aromatic rings. The average molecular weight is 579 g/mol. The molecule has 3 aromatic carbocycles. The van der Waals surface area contributed by atoms with E-state index in [1.54, 1.807) is 19.2 Å². The lowest BCUT2D eigenvalue weighted by Crippen LogP contribution is -2.24. The van der Waals surface area contributed by atoms with Gasteiger partial charge in [-0.25, -0.2) is 0 Å². The van der Waals surface area contributed by atoms with Crippen LogP contribution in [0.4, 0.5) is 0 Å². The third kappa shape index (κ3) is 6.16. The molecule has 0 atom stereocenters. The summed E-state index contributed by atoms with van der Waals surface area (Å²) in [5.74, 6) is 0.614. The summed E-state index contributed by atoms with van der Waals surface area (Å²) >= 11 is 2.33. The van der Waals surface area contributed by atoms with Gasteiger partial charge in [-0.3, -0.25) is 9.48 Å². The Morgan fingerprint density at radius 1 is 1.03 bits per heavy atom. The molecule has 1 amide bonds. The Labute approximate surface area is 218 Å². The monoisotopic (exact) mass is 579 g/mol. The van der Waals surface area contributed by atoms with Gasteiger partial charge >= 0.3 is 0 Å². The molecule has 6 nitrogen and oxygen atoms in total. The Hall–Kier alpha value is -3.46. The van der Waals surface area contributed by atoms with E-state index >= 15 is 0 Å². The lowest BCUT2D eigenvalue weighted by atomic mass is 10.1. The first-order valence-electron chi connectivity index (χ1n) is 11.3. The van der Waals surface area contributed by atoms with Crippen molar-refractivity contribution in [3.8, 4) is 28.3 Å². The van der Waals surface area contributed by atoms with Crippen LogP contribution in [0.3, 0.4) is 0 Å².